The first kappa shape index (κ1) is 22.1. The third-order valence-corrected chi connectivity index (χ3v) is 7.19. The van der Waals surface area contributed by atoms with Crippen LogP contribution in [-0.4, -0.2) is 58.5 Å². The van der Waals surface area contributed by atoms with Crippen molar-refractivity contribution in [3.63, 3.8) is 0 Å². The van der Waals surface area contributed by atoms with E-state index in [1.54, 1.807) is 6.08 Å². The molecule has 4 aliphatic rings. The topological polar surface area (TPSA) is 87.7 Å². The average Bonchev–Trinajstić information content (AvgIpc) is 3.30. The minimum atomic E-state index is -1.11. The third kappa shape index (κ3) is 3.60. The fraction of sp³-hybridized carbons (Fsp3) is 0.708. The number of rotatable bonds is 5. The zero-order valence-electron chi connectivity index (χ0n) is 19.0. The van der Waals surface area contributed by atoms with Crippen LogP contribution in [0.4, 0.5) is 0 Å². The van der Waals surface area contributed by atoms with Crippen molar-refractivity contribution in [3.8, 4) is 0 Å². The summed E-state index contributed by atoms with van der Waals surface area (Å²) in [6.45, 7) is 11.9. The predicted octanol–water partition coefficient (Wildman–Crippen LogP) is 1.93. The lowest BCUT2D eigenvalue weighted by atomic mass is 9.73. The molecule has 0 radical (unpaired) electrons. The van der Waals surface area contributed by atoms with E-state index in [9.17, 15) is 14.4 Å². The number of likely N-dealkylation sites (tertiary alicyclic amines) is 1. The monoisotopic (exact) mass is 429 g/mol. The molecule has 0 aromatic heterocycles. The molecule has 1 spiro atoms. The molecule has 31 heavy (non-hydrogen) atoms. The van der Waals surface area contributed by atoms with Gasteiger partial charge in [-0.15, -0.1) is 6.58 Å². The van der Waals surface area contributed by atoms with Crippen molar-refractivity contribution in [2.75, 3.05) is 6.54 Å². The lowest BCUT2D eigenvalue weighted by Crippen LogP contribution is -2.58. The number of amides is 3. The van der Waals surface area contributed by atoms with Gasteiger partial charge in [0.1, 0.15) is 11.6 Å². The highest BCUT2D eigenvalue weighted by atomic mass is 16.5. The van der Waals surface area contributed by atoms with Gasteiger partial charge >= 0.3 is 0 Å². The van der Waals surface area contributed by atoms with Crippen molar-refractivity contribution in [3.05, 3.63) is 24.8 Å². The normalized spacial score (nSPS) is 38.8. The SMILES string of the molecule is C=CCN1C(=O)[C@@H]2[C@H](C(=O)N[C@@H]3CCCC[C@H]3C)[C@H]3C=C[C@@]2(O3)[C@@H]1C(=O)NC(C)(C)C. The minimum absolute atomic E-state index is 0.126. The summed E-state index contributed by atoms with van der Waals surface area (Å²) in [6.07, 6.45) is 9.18. The van der Waals surface area contributed by atoms with Crippen LogP contribution in [0.2, 0.25) is 0 Å². The highest BCUT2D eigenvalue weighted by Gasteiger charge is 2.72. The quantitative estimate of drug-likeness (QED) is 0.654. The molecule has 2 saturated heterocycles. The van der Waals surface area contributed by atoms with Gasteiger partial charge < -0.3 is 20.3 Å². The summed E-state index contributed by atoms with van der Waals surface area (Å²) in [5.74, 6) is -1.51. The molecule has 0 aromatic carbocycles. The van der Waals surface area contributed by atoms with E-state index >= 15 is 0 Å². The molecule has 170 valence electrons. The molecular formula is C24H35N3O4. The molecule has 3 fully saturated rings. The molecule has 2 bridgehead atoms. The summed E-state index contributed by atoms with van der Waals surface area (Å²) < 4.78 is 6.30. The summed E-state index contributed by atoms with van der Waals surface area (Å²) in [5.41, 5.74) is -1.57. The second-order valence-electron chi connectivity index (χ2n) is 10.6. The first-order valence-corrected chi connectivity index (χ1v) is 11.5. The van der Waals surface area contributed by atoms with Crippen LogP contribution in [0.25, 0.3) is 0 Å². The van der Waals surface area contributed by atoms with Crippen molar-refractivity contribution in [1.29, 1.82) is 0 Å². The predicted molar refractivity (Wildman–Crippen MR) is 117 cm³/mol. The summed E-state index contributed by atoms with van der Waals surface area (Å²) in [6, 6.07) is -0.698. The van der Waals surface area contributed by atoms with Crippen molar-refractivity contribution in [2.24, 2.45) is 17.8 Å². The van der Waals surface area contributed by atoms with Gasteiger partial charge in [0.2, 0.25) is 17.7 Å². The van der Waals surface area contributed by atoms with E-state index in [-0.39, 0.29) is 30.3 Å². The van der Waals surface area contributed by atoms with Gasteiger partial charge in [0.15, 0.2) is 0 Å². The Morgan fingerprint density at radius 2 is 2.00 bits per heavy atom. The van der Waals surface area contributed by atoms with Gasteiger partial charge in [0.05, 0.1) is 17.9 Å². The molecule has 0 aromatic rings. The largest absolute Gasteiger partial charge is 0.359 e. The Labute approximate surface area is 184 Å². The van der Waals surface area contributed by atoms with Gasteiger partial charge in [-0.2, -0.15) is 0 Å². The molecule has 2 N–H and O–H groups in total. The number of ether oxygens (including phenoxy) is 1. The van der Waals surface area contributed by atoms with E-state index in [2.05, 4.69) is 24.1 Å². The maximum absolute atomic E-state index is 13.5. The third-order valence-electron chi connectivity index (χ3n) is 7.19. The Hall–Kier alpha value is -2.15. The molecular weight excluding hydrogens is 394 g/mol. The molecule has 4 rings (SSSR count). The van der Waals surface area contributed by atoms with Crippen molar-refractivity contribution < 1.29 is 19.1 Å². The zero-order valence-corrected chi connectivity index (χ0v) is 19.0. The highest BCUT2D eigenvalue weighted by Crippen LogP contribution is 2.55. The fourth-order valence-electron chi connectivity index (χ4n) is 5.85. The van der Waals surface area contributed by atoms with E-state index in [0.29, 0.717) is 5.92 Å². The Morgan fingerprint density at radius 1 is 1.29 bits per heavy atom. The van der Waals surface area contributed by atoms with Gasteiger partial charge in [0.25, 0.3) is 0 Å². The molecule has 7 atom stereocenters. The van der Waals surface area contributed by atoms with E-state index in [0.717, 1.165) is 19.3 Å². The Balaban J connectivity index is 1.63. The number of nitrogens with zero attached hydrogens (tertiary/aromatic N) is 1. The van der Waals surface area contributed by atoms with E-state index in [1.807, 2.05) is 32.9 Å². The smallest absolute Gasteiger partial charge is 0.246 e. The first-order chi connectivity index (χ1) is 14.6. The number of nitrogens with one attached hydrogen (secondary N) is 2. The number of hydrogen-bond donors (Lipinski definition) is 2. The molecule has 7 nitrogen and oxygen atoms in total. The van der Waals surface area contributed by atoms with Crippen LogP contribution >= 0.6 is 0 Å². The molecule has 1 aliphatic carbocycles. The summed E-state index contributed by atoms with van der Waals surface area (Å²) >= 11 is 0. The first-order valence-electron chi connectivity index (χ1n) is 11.5. The lowest BCUT2D eigenvalue weighted by molar-refractivity contribution is -0.142. The number of hydrogen-bond acceptors (Lipinski definition) is 4. The van der Waals surface area contributed by atoms with Crippen molar-refractivity contribution in [1.82, 2.24) is 15.5 Å². The van der Waals surface area contributed by atoms with E-state index < -0.39 is 35.1 Å². The molecule has 3 heterocycles. The van der Waals surface area contributed by atoms with Crippen LogP contribution in [0, 0.1) is 17.8 Å². The fourth-order valence-corrected chi connectivity index (χ4v) is 5.85. The highest BCUT2D eigenvalue weighted by molar-refractivity contribution is 6.00. The maximum Gasteiger partial charge on any atom is 0.246 e. The van der Waals surface area contributed by atoms with Gasteiger partial charge in [-0.25, -0.2) is 0 Å². The Kier molecular flexibility index (Phi) is 5.53. The van der Waals surface area contributed by atoms with E-state index in [4.69, 9.17) is 4.74 Å². The minimum Gasteiger partial charge on any atom is -0.359 e. The molecule has 1 saturated carbocycles. The summed E-state index contributed by atoms with van der Waals surface area (Å²) in [4.78, 5) is 41.7. The second-order valence-corrected chi connectivity index (χ2v) is 10.6. The van der Waals surface area contributed by atoms with Gasteiger partial charge in [0, 0.05) is 18.1 Å². The molecule has 3 amide bonds. The van der Waals surface area contributed by atoms with Crippen LogP contribution in [0.15, 0.2) is 24.8 Å². The van der Waals surface area contributed by atoms with Gasteiger partial charge in [-0.05, 0) is 39.5 Å². The molecule has 3 aliphatic heterocycles. The van der Waals surface area contributed by atoms with Gasteiger partial charge in [-0.1, -0.05) is 38.0 Å². The maximum atomic E-state index is 13.5. The Morgan fingerprint density at radius 3 is 2.65 bits per heavy atom. The molecule has 0 unspecified atom stereocenters. The van der Waals surface area contributed by atoms with Crippen LogP contribution in [-0.2, 0) is 19.1 Å². The summed E-state index contributed by atoms with van der Waals surface area (Å²) in [7, 11) is 0. The van der Waals surface area contributed by atoms with Crippen LogP contribution in [0.5, 0.6) is 0 Å². The second kappa shape index (κ2) is 7.76. The van der Waals surface area contributed by atoms with E-state index in [1.165, 1.54) is 11.3 Å². The van der Waals surface area contributed by atoms with Crippen molar-refractivity contribution in [2.45, 2.75) is 82.7 Å². The molecule has 7 heteroatoms. The van der Waals surface area contributed by atoms with Crippen molar-refractivity contribution >= 4 is 17.7 Å². The van der Waals surface area contributed by atoms with Crippen LogP contribution in [0.1, 0.15) is 53.4 Å². The average molecular weight is 430 g/mol. The van der Waals surface area contributed by atoms with Gasteiger partial charge in [-0.3, -0.25) is 14.4 Å². The summed E-state index contributed by atoms with van der Waals surface area (Å²) in [5, 5.41) is 6.20. The number of fused-ring (bicyclic) bond motifs is 1. The lowest BCUT2D eigenvalue weighted by Gasteiger charge is -2.34. The standard InChI is InChI=1S/C24H35N3O4/c1-6-13-27-19(21(29)26-23(3,4)5)24-12-11-16(31-24)17(18(24)22(27)30)20(28)25-15-10-8-7-9-14(15)2/h6,11-12,14-19H,1,7-10,13H2,2-5H3,(H,25,28)(H,26,29)/t14-,15-,16-,17-,18+,19+,24+/m1/s1. The van der Waals surface area contributed by atoms with Crippen LogP contribution < -0.4 is 10.6 Å². The van der Waals surface area contributed by atoms with Crippen LogP contribution in [0.3, 0.4) is 0 Å². The number of carbonyl (C=O) groups excluding carboxylic acids is 3. The number of carbonyl (C=O) groups is 3. The zero-order chi connectivity index (χ0) is 22.6. The Bertz CT molecular complexity index is 816.